The van der Waals surface area contributed by atoms with Gasteiger partial charge < -0.3 is 9.30 Å². The highest BCUT2D eigenvalue weighted by Crippen LogP contribution is 2.38. The molecular weight excluding hydrogens is 450 g/mol. The van der Waals surface area contributed by atoms with Gasteiger partial charge in [0.15, 0.2) is 9.84 Å². The standard InChI is InChI=1S/C26H27N3O4S/c1-4-34(31,32)20-8-10-25(33-16-18-5-6-18)23(12-20)24-15-28(3)26(30)21-9-7-19(11-22(21)24)29-14-17(2)13-27-29/h7-15,18H,4-6,16H2,1-3H3. The Kier molecular flexibility index (Phi) is 5.56. The van der Waals surface area contributed by atoms with Crippen LogP contribution in [0.4, 0.5) is 0 Å². The average Bonchev–Trinajstić information content (AvgIpc) is 3.57. The summed E-state index contributed by atoms with van der Waals surface area (Å²) >= 11 is 0. The second-order valence-corrected chi connectivity index (χ2v) is 11.2. The van der Waals surface area contributed by atoms with Crippen LogP contribution in [0.1, 0.15) is 25.3 Å². The lowest BCUT2D eigenvalue weighted by Crippen LogP contribution is -2.17. The molecule has 0 saturated heterocycles. The third-order valence-corrected chi connectivity index (χ3v) is 8.03. The van der Waals surface area contributed by atoms with Crippen LogP contribution >= 0.6 is 0 Å². The van der Waals surface area contributed by atoms with Crippen LogP contribution < -0.4 is 10.3 Å². The average molecular weight is 478 g/mol. The Balaban J connectivity index is 1.76. The molecule has 2 aromatic carbocycles. The van der Waals surface area contributed by atoms with E-state index < -0.39 is 9.84 Å². The Morgan fingerprint density at radius 3 is 2.53 bits per heavy atom. The molecule has 2 heterocycles. The molecule has 176 valence electrons. The lowest BCUT2D eigenvalue weighted by atomic mass is 9.99. The topological polar surface area (TPSA) is 83.2 Å². The van der Waals surface area contributed by atoms with E-state index in [9.17, 15) is 13.2 Å². The predicted molar refractivity (Wildman–Crippen MR) is 132 cm³/mol. The van der Waals surface area contributed by atoms with E-state index in [1.807, 2.05) is 25.3 Å². The molecule has 0 amide bonds. The summed E-state index contributed by atoms with van der Waals surface area (Å²) in [6, 6.07) is 10.6. The van der Waals surface area contributed by atoms with Crippen LogP contribution in [0.5, 0.6) is 5.75 Å². The summed E-state index contributed by atoms with van der Waals surface area (Å²) in [5.74, 6) is 1.16. The molecule has 34 heavy (non-hydrogen) atoms. The molecule has 0 unspecified atom stereocenters. The smallest absolute Gasteiger partial charge is 0.258 e. The first kappa shape index (κ1) is 22.4. The zero-order valence-corrected chi connectivity index (χ0v) is 20.3. The number of aromatic nitrogens is 3. The third-order valence-electron chi connectivity index (χ3n) is 6.29. The van der Waals surface area contributed by atoms with Gasteiger partial charge in [0.05, 0.1) is 29.1 Å². The van der Waals surface area contributed by atoms with E-state index in [0.29, 0.717) is 29.2 Å². The van der Waals surface area contributed by atoms with Crippen molar-refractivity contribution in [1.29, 1.82) is 0 Å². The molecule has 7 nitrogen and oxygen atoms in total. The minimum absolute atomic E-state index is 0.00550. The van der Waals surface area contributed by atoms with E-state index in [4.69, 9.17) is 4.74 Å². The molecular formula is C26H27N3O4S. The highest BCUT2D eigenvalue weighted by atomic mass is 32.2. The van der Waals surface area contributed by atoms with Crippen molar-refractivity contribution in [3.05, 3.63) is 70.9 Å². The van der Waals surface area contributed by atoms with Crippen molar-refractivity contribution in [2.45, 2.75) is 31.6 Å². The van der Waals surface area contributed by atoms with Crippen LogP contribution in [0.3, 0.4) is 0 Å². The highest BCUT2D eigenvalue weighted by Gasteiger charge is 2.24. The molecule has 1 aliphatic rings. The van der Waals surface area contributed by atoms with Gasteiger partial charge in [0, 0.05) is 36.0 Å². The summed E-state index contributed by atoms with van der Waals surface area (Å²) < 4.78 is 34.8. The van der Waals surface area contributed by atoms with Crippen LogP contribution in [-0.2, 0) is 16.9 Å². The molecule has 0 radical (unpaired) electrons. The van der Waals surface area contributed by atoms with Gasteiger partial charge in [-0.2, -0.15) is 5.10 Å². The number of aryl methyl sites for hydroxylation is 2. The van der Waals surface area contributed by atoms with Crippen molar-refractivity contribution in [3.63, 3.8) is 0 Å². The molecule has 1 saturated carbocycles. The van der Waals surface area contributed by atoms with E-state index in [0.717, 1.165) is 35.0 Å². The van der Waals surface area contributed by atoms with Gasteiger partial charge in [-0.05, 0) is 73.0 Å². The van der Waals surface area contributed by atoms with Crippen molar-refractivity contribution >= 4 is 20.6 Å². The van der Waals surface area contributed by atoms with Gasteiger partial charge >= 0.3 is 0 Å². The molecule has 1 fully saturated rings. The van der Waals surface area contributed by atoms with Crippen LogP contribution in [0.25, 0.3) is 27.6 Å². The number of benzene rings is 2. The van der Waals surface area contributed by atoms with Crippen molar-refractivity contribution in [2.24, 2.45) is 13.0 Å². The van der Waals surface area contributed by atoms with Gasteiger partial charge in [0.2, 0.25) is 0 Å². The zero-order valence-electron chi connectivity index (χ0n) is 19.5. The first-order valence-corrected chi connectivity index (χ1v) is 13.1. The maximum Gasteiger partial charge on any atom is 0.258 e. The Bertz CT molecular complexity index is 1560. The van der Waals surface area contributed by atoms with Crippen molar-refractivity contribution in [3.8, 4) is 22.6 Å². The number of nitrogens with zero attached hydrogens (tertiary/aromatic N) is 3. The summed E-state index contributed by atoms with van der Waals surface area (Å²) in [4.78, 5) is 13.2. The van der Waals surface area contributed by atoms with Gasteiger partial charge in [-0.25, -0.2) is 13.1 Å². The molecule has 8 heteroatoms. The second kappa shape index (κ2) is 8.43. The van der Waals surface area contributed by atoms with E-state index in [-0.39, 0.29) is 16.2 Å². The maximum atomic E-state index is 13.0. The number of hydrogen-bond acceptors (Lipinski definition) is 5. The zero-order chi connectivity index (χ0) is 24.0. The third kappa shape index (κ3) is 4.14. The minimum atomic E-state index is -3.42. The largest absolute Gasteiger partial charge is 0.493 e. The number of rotatable bonds is 7. The van der Waals surface area contributed by atoms with Gasteiger partial charge in [0.1, 0.15) is 5.75 Å². The van der Waals surface area contributed by atoms with Crippen LogP contribution in [0.15, 0.2) is 64.7 Å². The molecule has 0 bridgehead atoms. The predicted octanol–water partition coefficient (Wildman–Crippen LogP) is 4.28. The number of sulfone groups is 1. The van der Waals surface area contributed by atoms with E-state index in [2.05, 4.69) is 5.10 Å². The second-order valence-electron chi connectivity index (χ2n) is 8.97. The molecule has 4 aromatic rings. The van der Waals surface area contributed by atoms with Crippen molar-refractivity contribution in [1.82, 2.24) is 14.3 Å². The Hall–Kier alpha value is -3.39. The van der Waals surface area contributed by atoms with Gasteiger partial charge in [0.25, 0.3) is 5.56 Å². The first-order valence-electron chi connectivity index (χ1n) is 11.4. The van der Waals surface area contributed by atoms with Crippen molar-refractivity contribution in [2.75, 3.05) is 12.4 Å². The Labute approximate surface area is 198 Å². The van der Waals surface area contributed by atoms with Crippen LogP contribution in [0.2, 0.25) is 0 Å². The Morgan fingerprint density at radius 1 is 1.06 bits per heavy atom. The molecule has 5 rings (SSSR count). The molecule has 0 atom stereocenters. The lowest BCUT2D eigenvalue weighted by molar-refractivity contribution is 0.301. The summed E-state index contributed by atoms with van der Waals surface area (Å²) in [5, 5.41) is 5.66. The van der Waals surface area contributed by atoms with Gasteiger partial charge in [-0.3, -0.25) is 4.79 Å². The Morgan fingerprint density at radius 2 is 1.85 bits per heavy atom. The van der Waals surface area contributed by atoms with Gasteiger partial charge in [-0.15, -0.1) is 0 Å². The summed E-state index contributed by atoms with van der Waals surface area (Å²) in [7, 11) is -1.72. The monoisotopic (exact) mass is 477 g/mol. The summed E-state index contributed by atoms with van der Waals surface area (Å²) in [6.45, 7) is 4.19. The van der Waals surface area contributed by atoms with Crippen molar-refractivity contribution < 1.29 is 13.2 Å². The lowest BCUT2D eigenvalue weighted by Gasteiger charge is -2.16. The quantitative estimate of drug-likeness (QED) is 0.397. The minimum Gasteiger partial charge on any atom is -0.493 e. The maximum absolute atomic E-state index is 13.0. The van der Waals surface area contributed by atoms with E-state index in [1.54, 1.807) is 55.3 Å². The van der Waals surface area contributed by atoms with E-state index in [1.165, 1.54) is 4.57 Å². The summed E-state index contributed by atoms with van der Waals surface area (Å²) in [6.07, 6.45) is 7.74. The van der Waals surface area contributed by atoms with E-state index >= 15 is 0 Å². The SMILES string of the molecule is CCS(=O)(=O)c1ccc(OCC2CC2)c(-c2cn(C)c(=O)c3ccc(-n4cc(C)cn4)cc23)c1. The number of ether oxygens (including phenoxy) is 1. The fraction of sp³-hybridized carbons (Fsp3) is 0.308. The number of fused-ring (bicyclic) bond motifs is 1. The first-order chi connectivity index (χ1) is 16.3. The normalized spacial score (nSPS) is 14.0. The molecule has 1 aliphatic carbocycles. The summed E-state index contributed by atoms with van der Waals surface area (Å²) in [5.41, 5.74) is 3.11. The van der Waals surface area contributed by atoms with Gasteiger partial charge in [-0.1, -0.05) is 6.92 Å². The van der Waals surface area contributed by atoms with Crippen LogP contribution in [0, 0.1) is 12.8 Å². The molecule has 0 N–H and O–H groups in total. The fourth-order valence-electron chi connectivity index (χ4n) is 4.06. The molecule has 0 spiro atoms. The molecule has 2 aromatic heterocycles. The number of hydrogen-bond donors (Lipinski definition) is 0. The molecule has 0 aliphatic heterocycles. The highest BCUT2D eigenvalue weighted by molar-refractivity contribution is 7.91. The number of pyridine rings is 1. The fourth-order valence-corrected chi connectivity index (χ4v) is 4.97. The van der Waals surface area contributed by atoms with Crippen LogP contribution in [-0.4, -0.2) is 35.1 Å².